The molecule has 1 aromatic carbocycles. The van der Waals surface area contributed by atoms with Crippen molar-refractivity contribution in [3.05, 3.63) is 35.4 Å². The third-order valence-electron chi connectivity index (χ3n) is 7.43. The van der Waals surface area contributed by atoms with Crippen molar-refractivity contribution in [2.45, 2.75) is 51.7 Å². The molecule has 27 heavy (non-hydrogen) atoms. The number of nitrogens with one attached hydrogen (secondary N) is 1. The number of aliphatic hydroxyl groups is 1. The summed E-state index contributed by atoms with van der Waals surface area (Å²) in [7, 11) is 0. The fourth-order valence-corrected chi connectivity index (χ4v) is 6.19. The summed E-state index contributed by atoms with van der Waals surface area (Å²) in [6, 6.07) is 3.84. The smallest absolute Gasteiger partial charge is 0.222 e. The van der Waals surface area contributed by atoms with E-state index in [1.165, 1.54) is 18.2 Å². The lowest BCUT2D eigenvalue weighted by Crippen LogP contribution is -2.59. The first kappa shape index (κ1) is 18.8. The third-order valence-corrected chi connectivity index (χ3v) is 7.43. The molecule has 3 fully saturated rings. The van der Waals surface area contributed by atoms with Gasteiger partial charge in [0.05, 0.1) is 18.3 Å². The predicted molar refractivity (Wildman–Crippen MR) is 95.7 cm³/mol. The fraction of sp³-hybridized carbons (Fsp3) is 0.667. The summed E-state index contributed by atoms with van der Waals surface area (Å²) in [5.41, 5.74) is -0.304. The van der Waals surface area contributed by atoms with Crippen LogP contribution in [0.2, 0.25) is 0 Å². The van der Waals surface area contributed by atoms with Gasteiger partial charge in [-0.05, 0) is 54.1 Å². The number of fused-ring (bicyclic) bond motifs is 1. The van der Waals surface area contributed by atoms with E-state index in [4.69, 9.17) is 9.84 Å². The average molecular weight is 379 g/mol. The first-order chi connectivity index (χ1) is 12.8. The fourth-order valence-electron chi connectivity index (χ4n) is 6.19. The molecule has 1 unspecified atom stereocenters. The van der Waals surface area contributed by atoms with Crippen molar-refractivity contribution in [3.8, 4) is 0 Å². The van der Waals surface area contributed by atoms with E-state index in [0.717, 1.165) is 19.3 Å². The van der Waals surface area contributed by atoms with Gasteiger partial charge >= 0.3 is 0 Å². The molecule has 2 saturated carbocycles. The summed E-state index contributed by atoms with van der Waals surface area (Å²) in [5, 5.41) is 12.2. The number of hydrogen-bond donors (Lipinski definition) is 2. The first-order valence-corrected chi connectivity index (χ1v) is 9.77. The van der Waals surface area contributed by atoms with Crippen LogP contribution < -0.4 is 5.32 Å². The van der Waals surface area contributed by atoms with Crippen molar-refractivity contribution in [2.24, 2.45) is 22.7 Å². The molecule has 4 rings (SSSR count). The maximum absolute atomic E-state index is 14.5. The number of carbonyl (C=O) groups is 1. The van der Waals surface area contributed by atoms with Gasteiger partial charge in [0.15, 0.2) is 0 Å². The maximum atomic E-state index is 14.5. The van der Waals surface area contributed by atoms with Gasteiger partial charge < -0.3 is 15.2 Å². The Hall–Kier alpha value is -1.53. The van der Waals surface area contributed by atoms with Gasteiger partial charge in [-0.25, -0.2) is 8.78 Å². The summed E-state index contributed by atoms with van der Waals surface area (Å²) in [5.74, 6) is -0.979. The zero-order valence-corrected chi connectivity index (χ0v) is 15.8. The Bertz CT molecular complexity index is 733. The number of hydrogen-bond acceptors (Lipinski definition) is 3. The normalized spacial score (nSPS) is 36.5. The van der Waals surface area contributed by atoms with Crippen molar-refractivity contribution in [1.82, 2.24) is 5.32 Å². The molecule has 1 saturated heterocycles. The van der Waals surface area contributed by atoms with Gasteiger partial charge in [0.2, 0.25) is 5.91 Å². The second-order valence-electron chi connectivity index (χ2n) is 8.95. The SMILES string of the molecule is CC1(C)[C@@H]2C[C@@H]3[C@@H](c4c(F)cccc4F)OCCC3(C2)[C@H]1NC(=O)CCO. The van der Waals surface area contributed by atoms with E-state index in [2.05, 4.69) is 19.2 Å². The van der Waals surface area contributed by atoms with E-state index in [0.29, 0.717) is 12.5 Å². The molecule has 148 valence electrons. The second kappa shape index (κ2) is 6.52. The van der Waals surface area contributed by atoms with E-state index in [-0.39, 0.29) is 47.3 Å². The number of benzene rings is 1. The van der Waals surface area contributed by atoms with Crippen molar-refractivity contribution in [2.75, 3.05) is 13.2 Å². The Morgan fingerprint density at radius 1 is 1.33 bits per heavy atom. The summed E-state index contributed by atoms with van der Waals surface area (Å²) in [6.07, 6.45) is 2.00. The van der Waals surface area contributed by atoms with Gasteiger partial charge in [0.1, 0.15) is 11.6 Å². The molecule has 0 radical (unpaired) electrons. The van der Waals surface area contributed by atoms with Crippen LogP contribution >= 0.6 is 0 Å². The molecule has 3 aliphatic rings. The summed E-state index contributed by atoms with van der Waals surface area (Å²) >= 11 is 0. The van der Waals surface area contributed by atoms with Gasteiger partial charge in [0, 0.05) is 19.1 Å². The summed E-state index contributed by atoms with van der Waals surface area (Å²) in [4.78, 5) is 12.3. The number of amides is 1. The topological polar surface area (TPSA) is 58.6 Å². The van der Waals surface area contributed by atoms with E-state index < -0.39 is 17.7 Å². The van der Waals surface area contributed by atoms with Gasteiger partial charge in [-0.1, -0.05) is 19.9 Å². The van der Waals surface area contributed by atoms with Crippen molar-refractivity contribution in [3.63, 3.8) is 0 Å². The molecule has 1 spiro atoms. The highest BCUT2D eigenvalue weighted by Crippen LogP contribution is 2.70. The molecule has 0 aromatic heterocycles. The minimum Gasteiger partial charge on any atom is -0.396 e. The second-order valence-corrected chi connectivity index (χ2v) is 8.95. The molecule has 1 amide bonds. The number of halogens is 2. The molecule has 2 N–H and O–H groups in total. The van der Waals surface area contributed by atoms with Crippen LogP contribution in [0.1, 0.15) is 51.2 Å². The lowest BCUT2D eigenvalue weighted by atomic mass is 9.58. The highest BCUT2D eigenvalue weighted by Gasteiger charge is 2.68. The molecule has 1 aliphatic heterocycles. The Balaban J connectivity index is 1.71. The molecule has 2 aliphatic carbocycles. The predicted octanol–water partition coefficient (Wildman–Crippen LogP) is 3.35. The Labute approximate surface area is 158 Å². The van der Waals surface area contributed by atoms with Crippen molar-refractivity contribution < 1.29 is 23.4 Å². The van der Waals surface area contributed by atoms with Crippen molar-refractivity contribution >= 4 is 5.91 Å². The number of ether oxygens (including phenoxy) is 1. The van der Waals surface area contributed by atoms with Crippen LogP contribution in [-0.2, 0) is 9.53 Å². The minimum atomic E-state index is -0.627. The molecule has 2 bridgehead atoms. The van der Waals surface area contributed by atoms with E-state index in [1.807, 2.05) is 0 Å². The monoisotopic (exact) mass is 379 g/mol. The quantitative estimate of drug-likeness (QED) is 0.844. The van der Waals surface area contributed by atoms with E-state index >= 15 is 0 Å². The summed E-state index contributed by atoms with van der Waals surface area (Å²) in [6.45, 7) is 4.57. The zero-order chi connectivity index (χ0) is 19.4. The third kappa shape index (κ3) is 2.71. The Kier molecular flexibility index (Phi) is 4.54. The number of carbonyl (C=O) groups excluding carboxylic acids is 1. The highest BCUT2D eigenvalue weighted by molar-refractivity contribution is 5.76. The Morgan fingerprint density at radius 2 is 2.04 bits per heavy atom. The molecular weight excluding hydrogens is 352 g/mol. The van der Waals surface area contributed by atoms with Crippen LogP contribution in [0, 0.1) is 34.3 Å². The van der Waals surface area contributed by atoms with Crippen LogP contribution in [0.25, 0.3) is 0 Å². The van der Waals surface area contributed by atoms with Crippen LogP contribution in [-0.4, -0.2) is 30.3 Å². The molecule has 1 heterocycles. The number of aliphatic hydroxyl groups excluding tert-OH is 1. The van der Waals surface area contributed by atoms with Crippen LogP contribution in [0.15, 0.2) is 18.2 Å². The lowest BCUT2D eigenvalue weighted by Gasteiger charge is -2.53. The largest absolute Gasteiger partial charge is 0.396 e. The lowest BCUT2D eigenvalue weighted by molar-refractivity contribution is -0.138. The van der Waals surface area contributed by atoms with Crippen LogP contribution in [0.4, 0.5) is 8.78 Å². The van der Waals surface area contributed by atoms with Gasteiger partial charge in [-0.2, -0.15) is 0 Å². The molecule has 4 nitrogen and oxygen atoms in total. The van der Waals surface area contributed by atoms with Crippen LogP contribution in [0.5, 0.6) is 0 Å². The zero-order valence-electron chi connectivity index (χ0n) is 15.8. The minimum absolute atomic E-state index is 0.0207. The van der Waals surface area contributed by atoms with Gasteiger partial charge in [-0.15, -0.1) is 0 Å². The molecule has 5 atom stereocenters. The van der Waals surface area contributed by atoms with Crippen molar-refractivity contribution in [1.29, 1.82) is 0 Å². The molecule has 6 heteroatoms. The summed E-state index contributed by atoms with van der Waals surface area (Å²) < 4.78 is 34.9. The first-order valence-electron chi connectivity index (χ1n) is 9.77. The van der Waals surface area contributed by atoms with E-state index in [9.17, 15) is 13.6 Å². The molecule has 1 aromatic rings. The van der Waals surface area contributed by atoms with Crippen LogP contribution in [0.3, 0.4) is 0 Å². The maximum Gasteiger partial charge on any atom is 0.222 e. The standard InChI is InChI=1S/C21H27F2NO3/c1-20(2)12-10-13-18(17-14(22)4-3-5-15(17)23)27-9-7-21(13,11-12)19(20)24-16(26)6-8-25/h3-5,12-13,18-19,25H,6-11H2,1-2H3,(H,24,26)/t12-,13-,18+,19+,21?/m1/s1. The Morgan fingerprint density at radius 3 is 2.70 bits per heavy atom. The van der Waals surface area contributed by atoms with E-state index in [1.54, 1.807) is 0 Å². The van der Waals surface area contributed by atoms with Gasteiger partial charge in [0.25, 0.3) is 0 Å². The number of rotatable bonds is 4. The average Bonchev–Trinajstić information content (AvgIpc) is 3.09. The highest BCUT2D eigenvalue weighted by atomic mass is 19.1. The van der Waals surface area contributed by atoms with Gasteiger partial charge in [-0.3, -0.25) is 4.79 Å². The molecular formula is C21H27F2NO3.